The Labute approximate surface area is 175 Å². The first kappa shape index (κ1) is 21.9. The highest BCUT2D eigenvalue weighted by Crippen LogP contribution is 2.25. The molecule has 0 bridgehead atoms. The lowest BCUT2D eigenvalue weighted by Gasteiger charge is -2.26. The first-order valence-electron chi connectivity index (χ1n) is 11.7. The highest BCUT2D eigenvalue weighted by Gasteiger charge is 2.33. The van der Waals surface area contributed by atoms with Gasteiger partial charge in [-0.25, -0.2) is 0 Å². The van der Waals surface area contributed by atoms with Gasteiger partial charge in [-0.15, -0.1) is 0 Å². The van der Waals surface area contributed by atoms with Gasteiger partial charge in [-0.3, -0.25) is 9.59 Å². The van der Waals surface area contributed by atoms with Gasteiger partial charge in [0.1, 0.15) is 12.2 Å². The van der Waals surface area contributed by atoms with Gasteiger partial charge >= 0.3 is 11.9 Å². The maximum atomic E-state index is 12.8. The first-order valence-corrected chi connectivity index (χ1v) is 11.7. The molecular weight excluding hydrogens is 364 g/mol. The molecule has 2 aliphatic carbocycles. The minimum atomic E-state index is -0.769. The van der Waals surface area contributed by atoms with Crippen molar-refractivity contribution >= 4 is 11.9 Å². The molecule has 29 heavy (non-hydrogen) atoms. The lowest BCUT2D eigenvalue weighted by atomic mass is 9.96. The fourth-order valence-electron chi connectivity index (χ4n) is 4.51. The Morgan fingerprint density at radius 2 is 1.28 bits per heavy atom. The highest BCUT2D eigenvalue weighted by atomic mass is 16.6. The Bertz CT molecular complexity index is 583. The number of hydrogen-bond donors (Lipinski definition) is 0. The van der Waals surface area contributed by atoms with Gasteiger partial charge in [-0.2, -0.15) is 0 Å². The van der Waals surface area contributed by atoms with E-state index in [1.807, 2.05) is 18.2 Å². The Morgan fingerprint density at radius 3 is 1.79 bits per heavy atom. The van der Waals surface area contributed by atoms with Crippen molar-refractivity contribution in [1.29, 1.82) is 0 Å². The van der Waals surface area contributed by atoms with Crippen molar-refractivity contribution in [3.05, 3.63) is 35.9 Å². The standard InChI is InChI=1S/C25H36O4/c26-24(28-21-15-6-2-7-16-21)23(25(27)29-22-17-8-3-9-18-22)19-11-10-14-20-12-4-1-5-13-20/h1,4-5,12-13,21-23H,2-3,6-11,14-19H2. The smallest absolute Gasteiger partial charge is 0.320 e. The molecule has 0 amide bonds. The number of carbonyl (C=O) groups excluding carboxylic acids is 2. The van der Waals surface area contributed by atoms with Gasteiger partial charge in [-0.05, 0) is 76.2 Å². The molecule has 0 spiro atoms. The quantitative estimate of drug-likeness (QED) is 0.300. The Morgan fingerprint density at radius 1 is 0.759 bits per heavy atom. The Hall–Kier alpha value is -1.84. The van der Waals surface area contributed by atoms with E-state index >= 15 is 0 Å². The predicted octanol–water partition coefficient (Wildman–Crippen LogP) is 5.77. The average molecular weight is 401 g/mol. The predicted molar refractivity (Wildman–Crippen MR) is 113 cm³/mol. The van der Waals surface area contributed by atoms with Crippen molar-refractivity contribution in [2.24, 2.45) is 5.92 Å². The summed E-state index contributed by atoms with van der Waals surface area (Å²) in [6.07, 6.45) is 13.7. The fraction of sp³-hybridized carbons (Fsp3) is 0.680. The summed E-state index contributed by atoms with van der Waals surface area (Å²) in [7, 11) is 0. The lowest BCUT2D eigenvalue weighted by Crippen LogP contribution is -2.34. The summed E-state index contributed by atoms with van der Waals surface area (Å²) < 4.78 is 11.5. The number of unbranched alkanes of at least 4 members (excludes halogenated alkanes) is 1. The zero-order valence-electron chi connectivity index (χ0n) is 17.7. The van der Waals surface area contributed by atoms with Gasteiger partial charge in [0.05, 0.1) is 0 Å². The van der Waals surface area contributed by atoms with E-state index in [0.29, 0.717) is 6.42 Å². The molecule has 0 atom stereocenters. The summed E-state index contributed by atoms with van der Waals surface area (Å²) in [6.45, 7) is 0. The van der Waals surface area contributed by atoms with E-state index in [9.17, 15) is 9.59 Å². The van der Waals surface area contributed by atoms with Crippen LogP contribution in [0.1, 0.15) is 89.0 Å². The number of aryl methyl sites for hydroxylation is 1. The Balaban J connectivity index is 1.52. The number of ether oxygens (including phenoxy) is 2. The molecule has 0 heterocycles. The third-order valence-electron chi connectivity index (χ3n) is 6.29. The minimum Gasteiger partial charge on any atom is -0.462 e. The van der Waals surface area contributed by atoms with Crippen LogP contribution in [0.25, 0.3) is 0 Å². The van der Waals surface area contributed by atoms with Crippen LogP contribution in [0.3, 0.4) is 0 Å². The molecule has 0 unspecified atom stereocenters. The number of carbonyl (C=O) groups is 2. The van der Waals surface area contributed by atoms with Gasteiger partial charge in [0.25, 0.3) is 0 Å². The van der Waals surface area contributed by atoms with E-state index in [1.165, 1.54) is 18.4 Å². The van der Waals surface area contributed by atoms with Crippen LogP contribution in [0.5, 0.6) is 0 Å². The molecule has 4 nitrogen and oxygen atoms in total. The molecule has 2 saturated carbocycles. The van der Waals surface area contributed by atoms with Gasteiger partial charge in [0.2, 0.25) is 0 Å². The number of benzene rings is 1. The molecule has 0 saturated heterocycles. The molecular formula is C25H36O4. The van der Waals surface area contributed by atoms with E-state index in [4.69, 9.17) is 9.47 Å². The summed E-state index contributed by atoms with van der Waals surface area (Å²) in [5.41, 5.74) is 1.29. The minimum absolute atomic E-state index is 0.0226. The normalized spacial score (nSPS) is 18.5. The SMILES string of the molecule is O=C(OC1CCCCC1)C(CCCCc1ccccc1)C(=O)OC1CCCCC1. The molecule has 3 rings (SSSR count). The molecule has 160 valence electrons. The van der Waals surface area contributed by atoms with Crippen LogP contribution in [-0.4, -0.2) is 24.1 Å². The molecule has 2 aliphatic rings. The second kappa shape index (κ2) is 12.0. The van der Waals surface area contributed by atoms with Gasteiger partial charge in [0.15, 0.2) is 5.92 Å². The van der Waals surface area contributed by atoms with Crippen LogP contribution in [0.2, 0.25) is 0 Å². The van der Waals surface area contributed by atoms with Gasteiger partial charge in [0, 0.05) is 0 Å². The topological polar surface area (TPSA) is 52.6 Å². The molecule has 0 N–H and O–H groups in total. The zero-order chi connectivity index (χ0) is 20.3. The van der Waals surface area contributed by atoms with Crippen molar-refractivity contribution in [3.63, 3.8) is 0 Å². The van der Waals surface area contributed by atoms with Crippen molar-refractivity contribution in [2.75, 3.05) is 0 Å². The maximum Gasteiger partial charge on any atom is 0.320 e. The highest BCUT2D eigenvalue weighted by molar-refractivity contribution is 5.95. The monoisotopic (exact) mass is 400 g/mol. The summed E-state index contributed by atoms with van der Waals surface area (Å²) in [6, 6.07) is 10.3. The van der Waals surface area contributed by atoms with Gasteiger partial charge < -0.3 is 9.47 Å². The molecule has 0 aromatic heterocycles. The number of rotatable bonds is 9. The van der Waals surface area contributed by atoms with Crippen LogP contribution in [0.15, 0.2) is 30.3 Å². The summed E-state index contributed by atoms with van der Waals surface area (Å²) >= 11 is 0. The van der Waals surface area contributed by atoms with E-state index in [2.05, 4.69) is 12.1 Å². The molecule has 1 aromatic carbocycles. The zero-order valence-corrected chi connectivity index (χ0v) is 17.7. The molecule has 4 heteroatoms. The van der Waals surface area contributed by atoms with Crippen molar-refractivity contribution in [1.82, 2.24) is 0 Å². The largest absolute Gasteiger partial charge is 0.462 e. The molecule has 0 aliphatic heterocycles. The first-order chi connectivity index (χ1) is 14.2. The van der Waals surface area contributed by atoms with Crippen LogP contribution >= 0.6 is 0 Å². The van der Waals surface area contributed by atoms with Crippen LogP contribution in [-0.2, 0) is 25.5 Å². The number of hydrogen-bond acceptors (Lipinski definition) is 4. The van der Waals surface area contributed by atoms with E-state index in [-0.39, 0.29) is 24.1 Å². The third kappa shape index (κ3) is 7.49. The van der Waals surface area contributed by atoms with Crippen molar-refractivity contribution < 1.29 is 19.1 Å². The molecule has 1 aromatic rings. The van der Waals surface area contributed by atoms with E-state index in [0.717, 1.165) is 70.6 Å². The van der Waals surface area contributed by atoms with Gasteiger partial charge in [-0.1, -0.05) is 49.6 Å². The summed E-state index contributed by atoms with van der Waals surface area (Å²) in [5, 5.41) is 0. The molecule has 0 radical (unpaired) electrons. The fourth-order valence-corrected chi connectivity index (χ4v) is 4.51. The molecule has 2 fully saturated rings. The second-order valence-electron chi connectivity index (χ2n) is 8.68. The van der Waals surface area contributed by atoms with E-state index < -0.39 is 5.92 Å². The summed E-state index contributed by atoms with van der Waals surface area (Å²) in [5.74, 6) is -1.50. The number of esters is 2. The van der Waals surface area contributed by atoms with Crippen LogP contribution < -0.4 is 0 Å². The average Bonchev–Trinajstić information content (AvgIpc) is 2.75. The lowest BCUT2D eigenvalue weighted by molar-refractivity contribution is -0.170. The second-order valence-corrected chi connectivity index (χ2v) is 8.68. The van der Waals surface area contributed by atoms with Crippen molar-refractivity contribution in [3.8, 4) is 0 Å². The maximum absolute atomic E-state index is 12.8. The Kier molecular flexibility index (Phi) is 9.04. The van der Waals surface area contributed by atoms with Crippen LogP contribution in [0, 0.1) is 5.92 Å². The van der Waals surface area contributed by atoms with Crippen molar-refractivity contribution in [2.45, 2.75) is 102 Å². The summed E-state index contributed by atoms with van der Waals surface area (Å²) in [4.78, 5) is 25.7. The van der Waals surface area contributed by atoms with Crippen LogP contribution in [0.4, 0.5) is 0 Å². The van der Waals surface area contributed by atoms with E-state index in [1.54, 1.807) is 0 Å². The third-order valence-corrected chi connectivity index (χ3v) is 6.29.